The van der Waals surface area contributed by atoms with Gasteiger partial charge in [-0.05, 0) is 30.3 Å². The summed E-state index contributed by atoms with van der Waals surface area (Å²) in [6.07, 6.45) is 1.13. The minimum Gasteiger partial charge on any atom is -0.494 e. The summed E-state index contributed by atoms with van der Waals surface area (Å²) in [7, 11) is 0.102. The number of nitrogens with one attached hydrogen (secondary N) is 1. The lowest BCUT2D eigenvalue weighted by atomic mass is 9.93. The number of aliphatic imine (C=N–C) groups is 1. The van der Waals surface area contributed by atoms with Gasteiger partial charge in [0.15, 0.2) is 28.8 Å². The smallest absolute Gasteiger partial charge is 0.265 e. The zero-order chi connectivity index (χ0) is 26.9. The molecular formula is C25H23Cl2FN2O6S. The van der Waals surface area contributed by atoms with Gasteiger partial charge in [0.2, 0.25) is 0 Å². The molecule has 0 amide bonds. The molecule has 2 unspecified atom stereocenters. The molecule has 1 aliphatic rings. The number of hydrogen-bond acceptors (Lipinski definition) is 7. The Morgan fingerprint density at radius 3 is 2.30 bits per heavy atom. The van der Waals surface area contributed by atoms with E-state index < -0.39 is 21.9 Å². The Labute approximate surface area is 224 Å². The van der Waals surface area contributed by atoms with Crippen LogP contribution in [0, 0.1) is 11.7 Å². The van der Waals surface area contributed by atoms with E-state index in [0.29, 0.717) is 22.7 Å². The predicted molar refractivity (Wildman–Crippen MR) is 140 cm³/mol. The van der Waals surface area contributed by atoms with Crippen LogP contribution in [-0.4, -0.2) is 36.0 Å². The topological polar surface area (TPSA) is 95.5 Å². The monoisotopic (exact) mass is 568 g/mol. The van der Waals surface area contributed by atoms with Crippen molar-refractivity contribution < 1.29 is 31.8 Å². The number of hydrogen-bond donors (Lipinski definition) is 1. The highest BCUT2D eigenvalue weighted by molar-refractivity contribution is 7.92. The lowest BCUT2D eigenvalue weighted by Crippen LogP contribution is -2.21. The highest BCUT2D eigenvalue weighted by Gasteiger charge is 2.29. The standard InChI is InChI=1S/C25H23Cl2FN2O6S/c1-13-12-29-19-11-22(34-3)21(33-2)10-16(19)24(13)36-20-6-5-15(9-18(20)28)30-37(31,32)23-8-14(26)7-17(27)25(23)35-4/h5-13,24,30H,1-4H3. The van der Waals surface area contributed by atoms with Crippen molar-refractivity contribution in [2.45, 2.75) is 17.9 Å². The first-order valence-corrected chi connectivity index (χ1v) is 13.1. The molecule has 0 radical (unpaired) electrons. The SMILES string of the molecule is COc1cc2c(cc1OC)C(Oc1ccc(NS(=O)(=O)c3cc(Cl)cc(Cl)c3OC)cc1F)C(C)C=N2. The third-order valence-electron chi connectivity index (χ3n) is 5.67. The first kappa shape index (κ1) is 26.8. The van der Waals surface area contributed by atoms with Gasteiger partial charge in [0.1, 0.15) is 11.0 Å². The maximum Gasteiger partial charge on any atom is 0.265 e. The summed E-state index contributed by atoms with van der Waals surface area (Å²) < 4.78 is 65.3. The van der Waals surface area contributed by atoms with Crippen molar-refractivity contribution in [3.63, 3.8) is 0 Å². The van der Waals surface area contributed by atoms with Crippen LogP contribution in [0.1, 0.15) is 18.6 Å². The van der Waals surface area contributed by atoms with E-state index in [1.54, 1.807) is 18.3 Å². The Kier molecular flexibility index (Phi) is 7.72. The number of benzene rings is 3. The zero-order valence-electron chi connectivity index (χ0n) is 20.2. The van der Waals surface area contributed by atoms with E-state index >= 15 is 4.39 Å². The number of methoxy groups -OCH3 is 3. The van der Waals surface area contributed by atoms with Crippen molar-refractivity contribution in [1.82, 2.24) is 0 Å². The summed E-state index contributed by atoms with van der Waals surface area (Å²) in [5, 5.41) is 0.116. The van der Waals surface area contributed by atoms with E-state index in [1.807, 2.05) is 6.92 Å². The van der Waals surface area contributed by atoms with Gasteiger partial charge in [-0.3, -0.25) is 9.71 Å². The molecule has 4 rings (SSSR count). The van der Waals surface area contributed by atoms with Crippen molar-refractivity contribution in [3.05, 3.63) is 63.9 Å². The molecule has 0 spiro atoms. The zero-order valence-corrected chi connectivity index (χ0v) is 22.5. The molecule has 12 heteroatoms. The maximum absolute atomic E-state index is 15.1. The van der Waals surface area contributed by atoms with Gasteiger partial charge >= 0.3 is 0 Å². The predicted octanol–water partition coefficient (Wildman–Crippen LogP) is 6.43. The van der Waals surface area contributed by atoms with Crippen LogP contribution >= 0.6 is 23.2 Å². The molecular weight excluding hydrogens is 546 g/mol. The molecule has 196 valence electrons. The normalized spacial score (nSPS) is 16.6. The Hall–Kier alpha value is -3.21. The van der Waals surface area contributed by atoms with Crippen LogP contribution in [0.2, 0.25) is 10.0 Å². The van der Waals surface area contributed by atoms with E-state index in [-0.39, 0.29) is 38.0 Å². The summed E-state index contributed by atoms with van der Waals surface area (Å²) in [5.74, 6) is -0.124. The molecule has 0 bridgehead atoms. The summed E-state index contributed by atoms with van der Waals surface area (Å²) >= 11 is 12.0. The van der Waals surface area contributed by atoms with Crippen LogP contribution < -0.4 is 23.7 Å². The molecule has 0 fully saturated rings. The minimum atomic E-state index is -4.22. The molecule has 3 aromatic carbocycles. The van der Waals surface area contributed by atoms with Gasteiger partial charge in [-0.1, -0.05) is 30.1 Å². The lowest BCUT2D eigenvalue weighted by molar-refractivity contribution is 0.167. The van der Waals surface area contributed by atoms with Crippen molar-refractivity contribution in [3.8, 4) is 23.0 Å². The second-order valence-electron chi connectivity index (χ2n) is 8.11. The number of sulfonamides is 1. The molecule has 37 heavy (non-hydrogen) atoms. The van der Waals surface area contributed by atoms with Gasteiger partial charge < -0.3 is 18.9 Å². The third kappa shape index (κ3) is 5.41. The Morgan fingerprint density at radius 2 is 1.65 bits per heavy atom. The summed E-state index contributed by atoms with van der Waals surface area (Å²) in [5.41, 5.74) is 1.27. The van der Waals surface area contributed by atoms with Crippen LogP contribution in [0.5, 0.6) is 23.0 Å². The van der Waals surface area contributed by atoms with Crippen molar-refractivity contribution in [2.24, 2.45) is 10.9 Å². The third-order valence-corrected chi connectivity index (χ3v) is 7.56. The number of ether oxygens (including phenoxy) is 4. The van der Waals surface area contributed by atoms with E-state index in [0.717, 1.165) is 6.07 Å². The molecule has 2 atom stereocenters. The van der Waals surface area contributed by atoms with Gasteiger partial charge in [0.05, 0.1) is 37.7 Å². The maximum atomic E-state index is 15.1. The van der Waals surface area contributed by atoms with E-state index in [1.165, 1.54) is 45.6 Å². The van der Waals surface area contributed by atoms with Crippen LogP contribution in [-0.2, 0) is 10.0 Å². The Balaban J connectivity index is 1.62. The van der Waals surface area contributed by atoms with Crippen molar-refractivity contribution in [2.75, 3.05) is 26.1 Å². The van der Waals surface area contributed by atoms with Gasteiger partial charge in [-0.15, -0.1) is 0 Å². The van der Waals surface area contributed by atoms with Crippen molar-refractivity contribution >= 4 is 50.8 Å². The van der Waals surface area contributed by atoms with Crippen LogP contribution in [0.4, 0.5) is 15.8 Å². The molecule has 0 saturated carbocycles. The molecule has 1 aliphatic heterocycles. The number of rotatable bonds is 8. The largest absolute Gasteiger partial charge is 0.494 e. The summed E-state index contributed by atoms with van der Waals surface area (Å²) in [6.45, 7) is 1.89. The van der Waals surface area contributed by atoms with Crippen LogP contribution in [0.25, 0.3) is 0 Å². The second kappa shape index (κ2) is 10.6. The number of nitrogens with zero attached hydrogens (tertiary/aromatic N) is 1. The molecule has 1 heterocycles. The molecule has 8 nitrogen and oxygen atoms in total. The molecule has 1 N–H and O–H groups in total. The van der Waals surface area contributed by atoms with Crippen molar-refractivity contribution in [1.29, 1.82) is 0 Å². The molecule has 3 aromatic rings. The average Bonchev–Trinajstić information content (AvgIpc) is 2.85. The van der Waals surface area contributed by atoms with E-state index in [9.17, 15) is 8.42 Å². The lowest BCUT2D eigenvalue weighted by Gasteiger charge is -2.28. The molecule has 0 saturated heterocycles. The number of halogens is 3. The van der Waals surface area contributed by atoms with Gasteiger partial charge in [-0.25, -0.2) is 12.8 Å². The molecule has 0 aromatic heterocycles. The van der Waals surface area contributed by atoms with Crippen LogP contribution in [0.3, 0.4) is 0 Å². The van der Waals surface area contributed by atoms with Gasteiger partial charge in [0.25, 0.3) is 10.0 Å². The highest BCUT2D eigenvalue weighted by atomic mass is 35.5. The fourth-order valence-electron chi connectivity index (χ4n) is 3.90. The summed E-state index contributed by atoms with van der Waals surface area (Å²) in [4.78, 5) is 4.15. The molecule has 0 aliphatic carbocycles. The van der Waals surface area contributed by atoms with Gasteiger partial charge in [-0.2, -0.15) is 0 Å². The summed E-state index contributed by atoms with van der Waals surface area (Å²) in [6, 6.07) is 9.75. The fraction of sp³-hybridized carbons (Fsp3) is 0.240. The Bertz CT molecular complexity index is 1480. The van der Waals surface area contributed by atoms with Crippen LogP contribution in [0.15, 0.2) is 52.4 Å². The fourth-order valence-corrected chi connectivity index (χ4v) is 5.85. The Morgan fingerprint density at radius 1 is 0.946 bits per heavy atom. The first-order chi connectivity index (χ1) is 17.6. The number of fused-ring (bicyclic) bond motifs is 1. The highest BCUT2D eigenvalue weighted by Crippen LogP contribution is 2.44. The van der Waals surface area contributed by atoms with E-state index in [4.69, 9.17) is 42.1 Å². The average molecular weight is 569 g/mol. The minimum absolute atomic E-state index is 0.0185. The first-order valence-electron chi connectivity index (χ1n) is 10.9. The quantitative estimate of drug-likeness (QED) is 0.336. The van der Waals surface area contributed by atoms with Gasteiger partial charge in [0, 0.05) is 34.9 Å². The second-order valence-corrected chi connectivity index (χ2v) is 10.6. The number of anilines is 1. The van der Waals surface area contributed by atoms with E-state index in [2.05, 4.69) is 9.71 Å².